The number of fused-ring (bicyclic) bond motifs is 1. The second-order valence-electron chi connectivity index (χ2n) is 6.09. The van der Waals surface area contributed by atoms with Gasteiger partial charge in [0.25, 0.3) is 5.91 Å². The molecule has 1 fully saturated rings. The van der Waals surface area contributed by atoms with Gasteiger partial charge in [-0.05, 0) is 37.1 Å². The summed E-state index contributed by atoms with van der Waals surface area (Å²) in [6, 6.07) is 11.1. The van der Waals surface area contributed by atoms with Crippen LogP contribution in [0.25, 0.3) is 0 Å². The number of anilines is 1. The number of carbonyl (C=O) groups is 1. The lowest BCUT2D eigenvalue weighted by Crippen LogP contribution is -2.44. The molecule has 6 heteroatoms. The number of rotatable bonds is 3. The van der Waals surface area contributed by atoms with Crippen LogP contribution < -0.4 is 10.1 Å². The van der Waals surface area contributed by atoms with E-state index in [0.717, 1.165) is 24.1 Å². The SMILES string of the molecule is COc1cc([C@H]2Nc3ccccc3C(=O)N2C2CC2)cc(Cl)c1O. The molecule has 1 atom stereocenters. The molecule has 124 valence electrons. The van der Waals surface area contributed by atoms with E-state index in [-0.39, 0.29) is 28.9 Å². The molecule has 0 radical (unpaired) electrons. The summed E-state index contributed by atoms with van der Waals surface area (Å²) >= 11 is 6.14. The van der Waals surface area contributed by atoms with Crippen LogP contribution in [0.15, 0.2) is 36.4 Å². The van der Waals surface area contributed by atoms with Gasteiger partial charge in [0.05, 0.1) is 17.7 Å². The van der Waals surface area contributed by atoms with E-state index in [0.29, 0.717) is 11.3 Å². The first-order valence-corrected chi connectivity index (χ1v) is 8.22. The summed E-state index contributed by atoms with van der Waals surface area (Å²) < 4.78 is 5.20. The van der Waals surface area contributed by atoms with Gasteiger partial charge in [0.2, 0.25) is 0 Å². The molecule has 1 aliphatic carbocycles. The molecule has 5 nitrogen and oxygen atoms in total. The zero-order valence-electron chi connectivity index (χ0n) is 13.1. The molecular formula is C18H17ClN2O3. The monoisotopic (exact) mass is 344 g/mol. The predicted octanol–water partition coefficient (Wildman–Crippen LogP) is 3.78. The Hall–Kier alpha value is -2.40. The molecule has 2 aromatic rings. The molecule has 0 unspecified atom stereocenters. The van der Waals surface area contributed by atoms with E-state index < -0.39 is 0 Å². The Labute approximate surface area is 144 Å². The van der Waals surface area contributed by atoms with Crippen molar-refractivity contribution < 1.29 is 14.6 Å². The fourth-order valence-electron chi connectivity index (χ4n) is 3.15. The molecule has 2 aliphatic rings. The maximum Gasteiger partial charge on any atom is 0.258 e. The minimum atomic E-state index is -0.341. The van der Waals surface area contributed by atoms with Crippen molar-refractivity contribution in [2.45, 2.75) is 25.0 Å². The molecule has 0 bridgehead atoms. The van der Waals surface area contributed by atoms with Crippen LogP contribution in [0.5, 0.6) is 11.5 Å². The summed E-state index contributed by atoms with van der Waals surface area (Å²) in [5, 5.41) is 13.6. The van der Waals surface area contributed by atoms with Gasteiger partial charge in [-0.2, -0.15) is 0 Å². The predicted molar refractivity (Wildman–Crippen MR) is 91.7 cm³/mol. The van der Waals surface area contributed by atoms with Gasteiger partial charge < -0.3 is 20.1 Å². The van der Waals surface area contributed by atoms with Gasteiger partial charge in [0.15, 0.2) is 11.5 Å². The number of methoxy groups -OCH3 is 1. The van der Waals surface area contributed by atoms with Crippen molar-refractivity contribution in [3.63, 3.8) is 0 Å². The average Bonchev–Trinajstić information content (AvgIpc) is 3.42. The number of phenols is 1. The van der Waals surface area contributed by atoms with Crippen LogP contribution in [-0.2, 0) is 0 Å². The zero-order chi connectivity index (χ0) is 16.8. The first kappa shape index (κ1) is 15.1. The molecule has 1 aliphatic heterocycles. The molecule has 0 spiro atoms. The number of benzene rings is 2. The Balaban J connectivity index is 1.82. The molecule has 1 amide bonds. The van der Waals surface area contributed by atoms with Gasteiger partial charge in [0, 0.05) is 17.3 Å². The van der Waals surface area contributed by atoms with Crippen LogP contribution in [0.1, 0.15) is 34.9 Å². The molecule has 24 heavy (non-hydrogen) atoms. The topological polar surface area (TPSA) is 61.8 Å². The van der Waals surface area contributed by atoms with Gasteiger partial charge in [-0.1, -0.05) is 23.7 Å². The lowest BCUT2D eigenvalue weighted by molar-refractivity contribution is 0.0666. The molecule has 1 heterocycles. The number of para-hydroxylation sites is 1. The number of hydrogen-bond donors (Lipinski definition) is 2. The van der Waals surface area contributed by atoms with E-state index in [2.05, 4.69) is 5.32 Å². The number of carbonyl (C=O) groups excluding carboxylic acids is 1. The highest BCUT2D eigenvalue weighted by Gasteiger charge is 2.42. The number of phenolic OH excluding ortho intramolecular Hbond substituents is 1. The lowest BCUT2D eigenvalue weighted by Gasteiger charge is -2.38. The maximum absolute atomic E-state index is 13.0. The standard InChI is InChI=1S/C18H17ClN2O3/c1-24-15-9-10(8-13(19)16(15)22)17-20-14-5-3-2-4-12(14)18(23)21(17)11-6-7-11/h2-5,8-9,11,17,20,22H,6-7H2,1H3/t17-/m0/s1. The minimum Gasteiger partial charge on any atom is -0.503 e. The number of hydrogen-bond acceptors (Lipinski definition) is 4. The van der Waals surface area contributed by atoms with Crippen LogP contribution in [0.2, 0.25) is 5.02 Å². The Kier molecular flexibility index (Phi) is 3.53. The highest BCUT2D eigenvalue weighted by Crippen LogP contribution is 2.44. The first-order chi connectivity index (χ1) is 11.6. The lowest BCUT2D eigenvalue weighted by atomic mass is 10.0. The Morgan fingerprint density at radius 2 is 2.04 bits per heavy atom. The Morgan fingerprint density at radius 3 is 2.75 bits per heavy atom. The van der Waals surface area contributed by atoms with E-state index in [1.54, 1.807) is 12.1 Å². The molecule has 4 rings (SSSR count). The normalized spacial score (nSPS) is 19.7. The van der Waals surface area contributed by atoms with Gasteiger partial charge >= 0.3 is 0 Å². The quantitative estimate of drug-likeness (QED) is 0.889. The summed E-state index contributed by atoms with van der Waals surface area (Å²) in [6.07, 6.45) is 1.65. The Morgan fingerprint density at radius 1 is 1.29 bits per heavy atom. The van der Waals surface area contributed by atoms with Crippen molar-refractivity contribution in [1.82, 2.24) is 4.90 Å². The van der Waals surface area contributed by atoms with Crippen LogP contribution >= 0.6 is 11.6 Å². The van der Waals surface area contributed by atoms with Gasteiger partial charge in [-0.3, -0.25) is 4.79 Å². The second kappa shape index (κ2) is 5.60. The fraction of sp³-hybridized carbons (Fsp3) is 0.278. The molecule has 1 saturated carbocycles. The molecule has 0 aromatic heterocycles. The smallest absolute Gasteiger partial charge is 0.258 e. The van der Waals surface area contributed by atoms with Gasteiger partial charge in [-0.15, -0.1) is 0 Å². The van der Waals surface area contributed by atoms with Crippen LogP contribution in [0.3, 0.4) is 0 Å². The first-order valence-electron chi connectivity index (χ1n) is 7.84. The summed E-state index contributed by atoms with van der Waals surface area (Å²) in [7, 11) is 1.47. The third-order valence-electron chi connectivity index (χ3n) is 4.49. The van der Waals surface area contributed by atoms with E-state index in [1.807, 2.05) is 29.2 Å². The number of nitrogens with one attached hydrogen (secondary N) is 1. The number of nitrogens with zero attached hydrogens (tertiary/aromatic N) is 1. The fourth-order valence-corrected chi connectivity index (χ4v) is 3.37. The van der Waals surface area contributed by atoms with E-state index in [9.17, 15) is 9.90 Å². The maximum atomic E-state index is 13.0. The van der Waals surface area contributed by atoms with Crippen molar-refractivity contribution in [2.24, 2.45) is 0 Å². The molecular weight excluding hydrogens is 328 g/mol. The van der Waals surface area contributed by atoms with Crippen molar-refractivity contribution in [2.75, 3.05) is 12.4 Å². The Bertz CT molecular complexity index is 820. The number of halogens is 1. The van der Waals surface area contributed by atoms with Crippen molar-refractivity contribution in [3.8, 4) is 11.5 Å². The third kappa shape index (κ3) is 2.36. The number of aromatic hydroxyl groups is 1. The highest BCUT2D eigenvalue weighted by atomic mass is 35.5. The minimum absolute atomic E-state index is 0.0139. The van der Waals surface area contributed by atoms with Crippen LogP contribution in [0, 0.1) is 0 Å². The van der Waals surface area contributed by atoms with E-state index >= 15 is 0 Å². The van der Waals surface area contributed by atoms with E-state index in [1.165, 1.54) is 7.11 Å². The van der Waals surface area contributed by atoms with E-state index in [4.69, 9.17) is 16.3 Å². The number of amides is 1. The largest absolute Gasteiger partial charge is 0.503 e. The van der Waals surface area contributed by atoms with Crippen LogP contribution in [0.4, 0.5) is 5.69 Å². The molecule has 2 aromatic carbocycles. The summed E-state index contributed by atoms with van der Waals surface area (Å²) in [5.41, 5.74) is 2.26. The highest BCUT2D eigenvalue weighted by molar-refractivity contribution is 6.32. The molecule has 2 N–H and O–H groups in total. The molecule has 0 saturated heterocycles. The van der Waals surface area contributed by atoms with Gasteiger partial charge in [0.1, 0.15) is 6.17 Å². The van der Waals surface area contributed by atoms with Crippen molar-refractivity contribution in [1.29, 1.82) is 0 Å². The van der Waals surface area contributed by atoms with Crippen LogP contribution in [-0.4, -0.2) is 29.1 Å². The van der Waals surface area contributed by atoms with Crippen molar-refractivity contribution in [3.05, 3.63) is 52.5 Å². The number of ether oxygens (including phenoxy) is 1. The average molecular weight is 345 g/mol. The second-order valence-corrected chi connectivity index (χ2v) is 6.50. The summed E-state index contributed by atoms with van der Waals surface area (Å²) in [5.74, 6) is 0.213. The summed E-state index contributed by atoms with van der Waals surface area (Å²) in [4.78, 5) is 14.8. The van der Waals surface area contributed by atoms with Crippen molar-refractivity contribution >= 4 is 23.2 Å². The summed E-state index contributed by atoms with van der Waals surface area (Å²) in [6.45, 7) is 0. The zero-order valence-corrected chi connectivity index (χ0v) is 13.9. The van der Waals surface area contributed by atoms with Gasteiger partial charge in [-0.25, -0.2) is 0 Å². The third-order valence-corrected chi connectivity index (χ3v) is 4.78.